The number of carbonyl (C=O) groups excluding carboxylic acids is 2. The van der Waals surface area contributed by atoms with Crippen molar-refractivity contribution in [3.8, 4) is 6.07 Å². The highest BCUT2D eigenvalue weighted by Crippen LogP contribution is 2.13. The highest BCUT2D eigenvalue weighted by Gasteiger charge is 2.05. The fraction of sp³-hybridized carbons (Fsp3) is 0.0625. The second kappa shape index (κ2) is 6.35. The van der Waals surface area contributed by atoms with Gasteiger partial charge in [0.1, 0.15) is 0 Å². The number of nitrogens with zero attached hydrogens (tertiary/aromatic N) is 1. The predicted molar refractivity (Wildman–Crippen MR) is 80.2 cm³/mol. The molecule has 0 unspecified atom stereocenters. The molecule has 2 rings (SSSR count). The van der Waals surface area contributed by atoms with Crippen LogP contribution >= 0.6 is 0 Å². The molecule has 0 aliphatic heterocycles. The maximum atomic E-state index is 11.8. The van der Waals surface area contributed by atoms with E-state index in [0.29, 0.717) is 22.5 Å². The lowest BCUT2D eigenvalue weighted by molar-refractivity contribution is 0.101. The molecule has 5 heteroatoms. The third-order valence-electron chi connectivity index (χ3n) is 2.80. The molecule has 0 aliphatic rings. The fourth-order valence-electron chi connectivity index (χ4n) is 1.74. The molecule has 0 radical (unpaired) electrons. The third kappa shape index (κ3) is 3.91. The molecule has 0 aromatic heterocycles. The van der Waals surface area contributed by atoms with Crippen molar-refractivity contribution in [1.29, 1.82) is 5.26 Å². The number of hydrogen-bond acceptors (Lipinski definition) is 3. The predicted octanol–water partition coefficient (Wildman–Crippen LogP) is 3.40. The summed E-state index contributed by atoms with van der Waals surface area (Å²) in [5.41, 5.74) is 2.17. The first kappa shape index (κ1) is 14.3. The first-order valence-electron chi connectivity index (χ1n) is 6.27. The minimum absolute atomic E-state index is 0.0637. The van der Waals surface area contributed by atoms with E-state index in [1.165, 1.54) is 6.92 Å². The zero-order valence-corrected chi connectivity index (χ0v) is 11.4. The van der Waals surface area contributed by atoms with Crippen LogP contribution in [0.15, 0.2) is 48.5 Å². The number of nitriles is 1. The van der Waals surface area contributed by atoms with E-state index in [9.17, 15) is 9.59 Å². The average Bonchev–Trinajstić information content (AvgIpc) is 2.48. The van der Waals surface area contributed by atoms with E-state index in [2.05, 4.69) is 10.6 Å². The normalized spacial score (nSPS) is 9.52. The monoisotopic (exact) mass is 279 g/mol. The summed E-state index contributed by atoms with van der Waals surface area (Å²) < 4.78 is 0. The van der Waals surface area contributed by atoms with Gasteiger partial charge in [-0.05, 0) is 43.3 Å². The molecule has 0 saturated heterocycles. The lowest BCUT2D eigenvalue weighted by Crippen LogP contribution is -2.19. The average molecular weight is 279 g/mol. The Hall–Kier alpha value is -3.13. The van der Waals surface area contributed by atoms with Gasteiger partial charge in [0.2, 0.25) is 0 Å². The Balaban J connectivity index is 2.02. The maximum Gasteiger partial charge on any atom is 0.323 e. The van der Waals surface area contributed by atoms with Crippen LogP contribution in [0.5, 0.6) is 0 Å². The van der Waals surface area contributed by atoms with Crippen LogP contribution in [-0.2, 0) is 0 Å². The number of carbonyl (C=O) groups is 2. The molecule has 0 spiro atoms. The van der Waals surface area contributed by atoms with Gasteiger partial charge in [-0.3, -0.25) is 4.79 Å². The summed E-state index contributed by atoms with van der Waals surface area (Å²) in [4.78, 5) is 23.1. The first-order valence-corrected chi connectivity index (χ1v) is 6.27. The SMILES string of the molecule is CC(=O)c1cccc(NC(=O)Nc2ccc(C#N)cc2)c1. The number of urea groups is 1. The molecule has 0 fully saturated rings. The van der Waals surface area contributed by atoms with Gasteiger partial charge in [0, 0.05) is 16.9 Å². The van der Waals surface area contributed by atoms with Gasteiger partial charge in [0.25, 0.3) is 0 Å². The lowest BCUT2D eigenvalue weighted by atomic mass is 10.1. The summed E-state index contributed by atoms with van der Waals surface area (Å²) in [6, 6.07) is 14.8. The van der Waals surface area contributed by atoms with Crippen LogP contribution in [0.2, 0.25) is 0 Å². The standard InChI is InChI=1S/C16H13N3O2/c1-11(20)13-3-2-4-15(9-13)19-16(21)18-14-7-5-12(10-17)6-8-14/h2-9H,1H3,(H2,18,19,21). The van der Waals surface area contributed by atoms with Crippen LogP contribution in [0.4, 0.5) is 16.2 Å². The summed E-state index contributed by atoms with van der Waals surface area (Å²) in [6.45, 7) is 1.47. The van der Waals surface area contributed by atoms with Crippen molar-refractivity contribution in [2.75, 3.05) is 10.6 Å². The molecule has 21 heavy (non-hydrogen) atoms. The minimum Gasteiger partial charge on any atom is -0.308 e. The van der Waals surface area contributed by atoms with Crippen LogP contribution in [-0.4, -0.2) is 11.8 Å². The van der Waals surface area contributed by atoms with Gasteiger partial charge in [-0.15, -0.1) is 0 Å². The van der Waals surface area contributed by atoms with Crippen molar-refractivity contribution in [3.63, 3.8) is 0 Å². The Morgan fingerprint density at radius 1 is 1.00 bits per heavy atom. The van der Waals surface area contributed by atoms with Crippen molar-refractivity contribution in [2.45, 2.75) is 6.92 Å². The van der Waals surface area contributed by atoms with Crippen LogP contribution in [0.25, 0.3) is 0 Å². The third-order valence-corrected chi connectivity index (χ3v) is 2.80. The Morgan fingerprint density at radius 3 is 2.29 bits per heavy atom. The maximum absolute atomic E-state index is 11.8. The van der Waals surface area contributed by atoms with Crippen molar-refractivity contribution in [3.05, 3.63) is 59.7 Å². The van der Waals surface area contributed by atoms with Crippen LogP contribution in [0.1, 0.15) is 22.8 Å². The number of amides is 2. The molecule has 5 nitrogen and oxygen atoms in total. The Kier molecular flexibility index (Phi) is 4.32. The Bertz CT molecular complexity index is 715. The van der Waals surface area contributed by atoms with Crippen molar-refractivity contribution in [2.24, 2.45) is 0 Å². The van der Waals surface area contributed by atoms with Crippen molar-refractivity contribution >= 4 is 23.2 Å². The molecule has 104 valence electrons. The molecule has 2 amide bonds. The largest absolute Gasteiger partial charge is 0.323 e. The molecular weight excluding hydrogens is 266 g/mol. The number of anilines is 2. The van der Waals surface area contributed by atoms with Gasteiger partial charge in [-0.1, -0.05) is 12.1 Å². The van der Waals surface area contributed by atoms with E-state index in [4.69, 9.17) is 5.26 Å². The smallest absolute Gasteiger partial charge is 0.308 e. The van der Waals surface area contributed by atoms with E-state index in [-0.39, 0.29) is 5.78 Å². The lowest BCUT2D eigenvalue weighted by Gasteiger charge is -2.08. The summed E-state index contributed by atoms with van der Waals surface area (Å²) >= 11 is 0. The van der Waals surface area contributed by atoms with Gasteiger partial charge in [0.05, 0.1) is 11.6 Å². The van der Waals surface area contributed by atoms with Crippen LogP contribution in [0.3, 0.4) is 0 Å². The Morgan fingerprint density at radius 2 is 1.67 bits per heavy atom. The minimum atomic E-state index is -0.416. The summed E-state index contributed by atoms with van der Waals surface area (Å²) in [5.74, 6) is -0.0637. The molecule has 2 N–H and O–H groups in total. The highest BCUT2D eigenvalue weighted by atomic mass is 16.2. The van der Waals surface area contributed by atoms with E-state index in [0.717, 1.165) is 0 Å². The second-order valence-electron chi connectivity index (χ2n) is 4.41. The number of Topliss-reactive ketones (excluding diaryl/α,β-unsaturated/α-hetero) is 1. The van der Waals surface area contributed by atoms with E-state index < -0.39 is 6.03 Å². The van der Waals surface area contributed by atoms with Gasteiger partial charge >= 0.3 is 6.03 Å². The van der Waals surface area contributed by atoms with Crippen LogP contribution in [0, 0.1) is 11.3 Å². The van der Waals surface area contributed by atoms with E-state index in [1.54, 1.807) is 48.5 Å². The molecular formula is C16H13N3O2. The van der Waals surface area contributed by atoms with Crippen LogP contribution < -0.4 is 10.6 Å². The van der Waals surface area contributed by atoms with E-state index in [1.807, 2.05) is 6.07 Å². The van der Waals surface area contributed by atoms with Gasteiger partial charge in [-0.25, -0.2) is 4.79 Å². The Labute approximate surface area is 122 Å². The van der Waals surface area contributed by atoms with Gasteiger partial charge in [0.15, 0.2) is 5.78 Å². The molecule has 2 aromatic rings. The molecule has 0 aliphatic carbocycles. The number of benzene rings is 2. The fourth-order valence-corrected chi connectivity index (χ4v) is 1.74. The molecule has 0 bridgehead atoms. The zero-order valence-electron chi connectivity index (χ0n) is 11.4. The molecule has 0 heterocycles. The van der Waals surface area contributed by atoms with E-state index >= 15 is 0 Å². The summed E-state index contributed by atoms with van der Waals surface area (Å²) in [6.07, 6.45) is 0. The van der Waals surface area contributed by atoms with Crippen molar-refractivity contribution < 1.29 is 9.59 Å². The van der Waals surface area contributed by atoms with Gasteiger partial charge < -0.3 is 10.6 Å². The number of ketones is 1. The summed E-state index contributed by atoms with van der Waals surface area (Å²) in [5, 5.41) is 14.0. The topological polar surface area (TPSA) is 82.0 Å². The molecule has 0 saturated carbocycles. The zero-order chi connectivity index (χ0) is 15.2. The van der Waals surface area contributed by atoms with Gasteiger partial charge in [-0.2, -0.15) is 5.26 Å². The highest BCUT2D eigenvalue weighted by molar-refractivity contribution is 6.01. The summed E-state index contributed by atoms with van der Waals surface area (Å²) in [7, 11) is 0. The second-order valence-corrected chi connectivity index (χ2v) is 4.41. The molecule has 2 aromatic carbocycles. The molecule has 0 atom stereocenters. The number of nitrogens with one attached hydrogen (secondary N) is 2. The quantitative estimate of drug-likeness (QED) is 0.845. The van der Waals surface area contributed by atoms with Crippen molar-refractivity contribution in [1.82, 2.24) is 0 Å². The first-order chi connectivity index (χ1) is 10.1. The number of rotatable bonds is 3. The number of hydrogen-bond donors (Lipinski definition) is 2.